The largest absolute Gasteiger partial charge is 0.486 e. The Morgan fingerprint density at radius 3 is 2.75 bits per heavy atom. The molecule has 0 radical (unpaired) electrons. The third kappa shape index (κ3) is 4.20. The molecule has 1 saturated heterocycles. The second-order valence-electron chi connectivity index (χ2n) is 5.53. The minimum absolute atomic E-state index is 0.00459. The van der Waals surface area contributed by atoms with E-state index in [9.17, 15) is 9.59 Å². The number of H-pyrrole nitrogens is 1. The molecule has 0 bridgehead atoms. The van der Waals surface area contributed by atoms with Crippen LogP contribution >= 0.6 is 0 Å². The van der Waals surface area contributed by atoms with Crippen LogP contribution in [0.2, 0.25) is 0 Å². The van der Waals surface area contributed by atoms with E-state index < -0.39 is 11.5 Å². The van der Waals surface area contributed by atoms with E-state index in [4.69, 9.17) is 9.47 Å². The zero-order valence-electron chi connectivity index (χ0n) is 13.2. The standard InChI is InChI=1S/C17H19N3O4/c21-16(19-12-6-8-23-9-7-12)14-10-18-15(20-17(14)22)11-24-13-4-2-1-3-5-13/h1-5,10,12H,6-9,11H2,(H,19,21)(H,18,20,22). The van der Waals surface area contributed by atoms with Gasteiger partial charge in [-0.3, -0.25) is 9.59 Å². The predicted octanol–water partition coefficient (Wildman–Crippen LogP) is 1.26. The molecule has 1 aliphatic heterocycles. The summed E-state index contributed by atoms with van der Waals surface area (Å²) in [6.45, 7) is 1.37. The second kappa shape index (κ2) is 7.74. The highest BCUT2D eigenvalue weighted by atomic mass is 16.5. The molecule has 2 heterocycles. The summed E-state index contributed by atoms with van der Waals surface area (Å²) in [6.07, 6.45) is 2.79. The number of amides is 1. The van der Waals surface area contributed by atoms with Gasteiger partial charge < -0.3 is 19.8 Å². The summed E-state index contributed by atoms with van der Waals surface area (Å²) >= 11 is 0. The van der Waals surface area contributed by atoms with E-state index in [0.717, 1.165) is 12.8 Å². The molecule has 24 heavy (non-hydrogen) atoms. The lowest BCUT2D eigenvalue weighted by Gasteiger charge is -2.22. The molecule has 2 N–H and O–H groups in total. The number of nitrogens with one attached hydrogen (secondary N) is 2. The quantitative estimate of drug-likeness (QED) is 0.861. The number of aromatic amines is 1. The van der Waals surface area contributed by atoms with E-state index in [1.165, 1.54) is 6.20 Å². The van der Waals surface area contributed by atoms with Gasteiger partial charge in [0.15, 0.2) is 0 Å². The molecule has 7 nitrogen and oxygen atoms in total. The summed E-state index contributed by atoms with van der Waals surface area (Å²) in [5.74, 6) is 0.638. The molecule has 1 aromatic carbocycles. The van der Waals surface area contributed by atoms with E-state index in [-0.39, 0.29) is 18.2 Å². The maximum absolute atomic E-state index is 12.2. The third-order valence-electron chi connectivity index (χ3n) is 3.77. The van der Waals surface area contributed by atoms with Crippen LogP contribution in [0.1, 0.15) is 29.0 Å². The Labute approximate surface area is 139 Å². The zero-order valence-corrected chi connectivity index (χ0v) is 13.2. The molecule has 1 fully saturated rings. The second-order valence-corrected chi connectivity index (χ2v) is 5.53. The number of nitrogens with zero attached hydrogens (tertiary/aromatic N) is 1. The first-order chi connectivity index (χ1) is 11.7. The van der Waals surface area contributed by atoms with E-state index >= 15 is 0 Å². The van der Waals surface area contributed by atoms with Gasteiger partial charge in [-0.2, -0.15) is 0 Å². The highest BCUT2D eigenvalue weighted by Gasteiger charge is 2.19. The molecular formula is C17H19N3O4. The van der Waals surface area contributed by atoms with E-state index in [1.807, 2.05) is 30.3 Å². The van der Waals surface area contributed by atoms with Crippen molar-refractivity contribution in [3.05, 3.63) is 58.3 Å². The van der Waals surface area contributed by atoms with Crippen molar-refractivity contribution in [1.29, 1.82) is 0 Å². The maximum Gasteiger partial charge on any atom is 0.263 e. The van der Waals surface area contributed by atoms with Crippen molar-refractivity contribution in [1.82, 2.24) is 15.3 Å². The van der Waals surface area contributed by atoms with Gasteiger partial charge in [0.1, 0.15) is 23.7 Å². The Kier molecular flexibility index (Phi) is 5.22. The number of ether oxygens (including phenoxy) is 2. The van der Waals surface area contributed by atoms with Crippen LogP contribution in [0.25, 0.3) is 0 Å². The van der Waals surface area contributed by atoms with Gasteiger partial charge in [-0.25, -0.2) is 4.98 Å². The minimum Gasteiger partial charge on any atom is -0.486 e. The molecule has 1 aromatic heterocycles. The SMILES string of the molecule is O=C(NC1CCOCC1)c1cnc(COc2ccccc2)[nH]c1=O. The number of rotatable bonds is 5. The van der Waals surface area contributed by atoms with Crippen molar-refractivity contribution in [2.45, 2.75) is 25.5 Å². The molecule has 126 valence electrons. The van der Waals surface area contributed by atoms with E-state index in [2.05, 4.69) is 15.3 Å². The molecule has 0 unspecified atom stereocenters. The average molecular weight is 329 g/mol. The summed E-state index contributed by atoms with van der Waals surface area (Å²) in [7, 11) is 0. The molecular weight excluding hydrogens is 310 g/mol. The van der Waals surface area contributed by atoms with Gasteiger partial charge in [0.2, 0.25) is 0 Å². The Morgan fingerprint density at radius 1 is 1.29 bits per heavy atom. The number of aromatic nitrogens is 2. The van der Waals surface area contributed by atoms with Crippen molar-refractivity contribution in [2.24, 2.45) is 0 Å². The summed E-state index contributed by atoms with van der Waals surface area (Å²) in [5.41, 5.74) is -0.467. The van der Waals surface area contributed by atoms with Gasteiger partial charge in [0, 0.05) is 25.5 Å². The zero-order chi connectivity index (χ0) is 16.8. The lowest BCUT2D eigenvalue weighted by atomic mass is 10.1. The molecule has 1 amide bonds. The number of carbonyl (C=O) groups excluding carboxylic acids is 1. The minimum atomic E-state index is -0.471. The van der Waals surface area contributed by atoms with Crippen molar-refractivity contribution >= 4 is 5.91 Å². The fourth-order valence-corrected chi connectivity index (χ4v) is 2.44. The van der Waals surface area contributed by atoms with Crippen LogP contribution in [0.4, 0.5) is 0 Å². The third-order valence-corrected chi connectivity index (χ3v) is 3.77. The molecule has 3 rings (SSSR count). The van der Waals surface area contributed by atoms with Crippen LogP contribution < -0.4 is 15.6 Å². The van der Waals surface area contributed by atoms with Gasteiger partial charge in [-0.1, -0.05) is 18.2 Å². The normalized spacial score (nSPS) is 15.0. The number of para-hydroxylation sites is 1. The first-order valence-electron chi connectivity index (χ1n) is 7.87. The van der Waals surface area contributed by atoms with Crippen LogP contribution in [0, 0.1) is 0 Å². The van der Waals surface area contributed by atoms with Crippen molar-refractivity contribution < 1.29 is 14.3 Å². The lowest BCUT2D eigenvalue weighted by Crippen LogP contribution is -2.41. The fraction of sp³-hybridized carbons (Fsp3) is 0.353. The summed E-state index contributed by atoms with van der Waals surface area (Å²) < 4.78 is 10.8. The monoisotopic (exact) mass is 329 g/mol. The Hall–Kier alpha value is -2.67. The van der Waals surface area contributed by atoms with Crippen molar-refractivity contribution in [3.63, 3.8) is 0 Å². The van der Waals surface area contributed by atoms with Crippen LogP contribution in [-0.2, 0) is 11.3 Å². The average Bonchev–Trinajstić information content (AvgIpc) is 2.61. The highest BCUT2D eigenvalue weighted by Crippen LogP contribution is 2.10. The van der Waals surface area contributed by atoms with Gasteiger partial charge in [-0.05, 0) is 25.0 Å². The molecule has 0 atom stereocenters. The fourth-order valence-electron chi connectivity index (χ4n) is 2.44. The topological polar surface area (TPSA) is 93.3 Å². The Balaban J connectivity index is 1.61. The van der Waals surface area contributed by atoms with E-state index in [1.54, 1.807) is 0 Å². The first kappa shape index (κ1) is 16.2. The summed E-state index contributed by atoms with van der Waals surface area (Å²) in [4.78, 5) is 31.0. The Morgan fingerprint density at radius 2 is 2.04 bits per heavy atom. The highest BCUT2D eigenvalue weighted by molar-refractivity contribution is 5.93. The van der Waals surface area contributed by atoms with Crippen LogP contribution in [0.3, 0.4) is 0 Å². The molecule has 1 aliphatic rings. The van der Waals surface area contributed by atoms with Crippen molar-refractivity contribution in [3.8, 4) is 5.75 Å². The number of carbonyl (C=O) groups is 1. The molecule has 7 heteroatoms. The number of benzene rings is 1. The predicted molar refractivity (Wildman–Crippen MR) is 86.9 cm³/mol. The summed E-state index contributed by atoms with van der Waals surface area (Å²) in [6, 6.07) is 9.26. The summed E-state index contributed by atoms with van der Waals surface area (Å²) in [5, 5.41) is 2.84. The van der Waals surface area contributed by atoms with Crippen molar-refractivity contribution in [2.75, 3.05) is 13.2 Å². The molecule has 2 aromatic rings. The van der Waals surface area contributed by atoms with Gasteiger partial charge in [0.25, 0.3) is 11.5 Å². The van der Waals surface area contributed by atoms with Crippen LogP contribution in [0.5, 0.6) is 5.75 Å². The lowest BCUT2D eigenvalue weighted by molar-refractivity contribution is 0.0695. The van der Waals surface area contributed by atoms with Gasteiger partial charge >= 0.3 is 0 Å². The van der Waals surface area contributed by atoms with Crippen LogP contribution in [0.15, 0.2) is 41.3 Å². The number of hydrogen-bond acceptors (Lipinski definition) is 5. The smallest absolute Gasteiger partial charge is 0.263 e. The first-order valence-corrected chi connectivity index (χ1v) is 7.87. The Bertz CT molecular complexity index is 739. The molecule has 0 saturated carbocycles. The van der Waals surface area contributed by atoms with Gasteiger partial charge in [-0.15, -0.1) is 0 Å². The molecule has 0 spiro atoms. The van der Waals surface area contributed by atoms with Gasteiger partial charge in [0.05, 0.1) is 0 Å². The van der Waals surface area contributed by atoms with E-state index in [0.29, 0.717) is 24.8 Å². The molecule has 0 aliphatic carbocycles. The maximum atomic E-state index is 12.2. The van der Waals surface area contributed by atoms with Crippen LogP contribution in [-0.4, -0.2) is 35.1 Å². The number of hydrogen-bond donors (Lipinski definition) is 2.